The largest absolute Gasteiger partial charge is 2.00 e. The fourth-order valence-corrected chi connectivity index (χ4v) is 7.25. The molecule has 6 heteroatoms. The molecule has 0 atom stereocenters. The van der Waals surface area contributed by atoms with Crippen molar-refractivity contribution in [1.82, 2.24) is 19.3 Å². The average molecular weight is 765 g/mol. The van der Waals surface area contributed by atoms with Gasteiger partial charge in [-0.2, -0.15) is 11.2 Å². The van der Waals surface area contributed by atoms with E-state index in [0.29, 0.717) is 17.4 Å². The van der Waals surface area contributed by atoms with Crippen molar-refractivity contribution in [1.29, 1.82) is 0 Å². The monoisotopic (exact) mass is 764 g/mol. The van der Waals surface area contributed by atoms with Crippen LogP contribution in [0.3, 0.4) is 0 Å². The van der Waals surface area contributed by atoms with Gasteiger partial charge in [0.1, 0.15) is 5.82 Å². The Morgan fingerprint density at radius 1 is 0.784 bits per heavy atom. The summed E-state index contributed by atoms with van der Waals surface area (Å²) in [5.74, 6) is 2.89. The number of nitrogens with zero attached hydrogens (tertiary/aromatic N) is 4. The Balaban J connectivity index is 0.00000448. The van der Waals surface area contributed by atoms with Gasteiger partial charge < -0.3 is 9.30 Å². The molecule has 51 heavy (non-hydrogen) atoms. The zero-order chi connectivity index (χ0) is 35.1. The summed E-state index contributed by atoms with van der Waals surface area (Å²) in [6, 6.07) is 35.0. The van der Waals surface area contributed by atoms with E-state index in [1.165, 1.54) is 33.5 Å². The molecule has 0 saturated carbocycles. The first-order chi connectivity index (χ1) is 24.1. The van der Waals surface area contributed by atoms with Crippen molar-refractivity contribution < 1.29 is 25.2 Å². The van der Waals surface area contributed by atoms with Crippen LogP contribution in [-0.4, -0.2) is 19.3 Å². The molecule has 0 aliphatic carbocycles. The van der Waals surface area contributed by atoms with E-state index in [2.05, 4.69) is 150 Å². The number of ether oxygens (including phenoxy) is 1. The summed E-state index contributed by atoms with van der Waals surface area (Å²) in [5, 5.41) is 7.46. The summed E-state index contributed by atoms with van der Waals surface area (Å²) >= 11 is 0. The standard InChI is InChI=1S/C45H46N4O.Pd/c1-9-13-33-20-21-46-43(23-33)48-40-17-11-10-16-38(40)39-19-18-36(27-41(39)48)50-37-25-34(29(4)5)24-35(26-37)49-42(22-28(2)3)45(32(8)47-49)44-30(6)14-12-15-31(44)7;/h10-12,14-21,23-25,28-29H,9,13,22H2,1-8H3;/q-2;+2. The van der Waals surface area contributed by atoms with Crippen LogP contribution in [0.5, 0.6) is 11.5 Å². The summed E-state index contributed by atoms with van der Waals surface area (Å²) in [4.78, 5) is 4.81. The number of fused-ring (bicyclic) bond motifs is 3. The Kier molecular flexibility index (Phi) is 10.7. The summed E-state index contributed by atoms with van der Waals surface area (Å²) in [6.45, 7) is 17.7. The van der Waals surface area contributed by atoms with E-state index in [4.69, 9.17) is 14.8 Å². The normalized spacial score (nSPS) is 11.6. The van der Waals surface area contributed by atoms with Crippen molar-refractivity contribution >= 4 is 21.8 Å². The molecule has 0 spiro atoms. The molecule has 7 aromatic rings. The molecule has 3 aromatic heterocycles. The van der Waals surface area contributed by atoms with Crippen molar-refractivity contribution in [3.63, 3.8) is 0 Å². The average Bonchev–Trinajstić information content (AvgIpc) is 3.58. The minimum Gasteiger partial charge on any atom is -0.509 e. The molecular weight excluding hydrogens is 719 g/mol. The predicted molar refractivity (Wildman–Crippen MR) is 206 cm³/mol. The molecule has 0 aliphatic heterocycles. The Hall–Kier alpha value is -4.50. The maximum atomic E-state index is 6.68. The van der Waals surface area contributed by atoms with E-state index in [1.54, 1.807) is 0 Å². The van der Waals surface area contributed by atoms with Gasteiger partial charge in [-0.3, -0.25) is 4.68 Å². The van der Waals surface area contributed by atoms with Crippen LogP contribution in [0.1, 0.15) is 80.6 Å². The quantitative estimate of drug-likeness (QED) is 0.103. The second-order valence-corrected chi connectivity index (χ2v) is 14.3. The molecule has 262 valence electrons. The van der Waals surface area contributed by atoms with Gasteiger partial charge >= 0.3 is 20.4 Å². The number of rotatable bonds is 10. The molecule has 0 unspecified atom stereocenters. The van der Waals surface area contributed by atoms with E-state index in [9.17, 15) is 0 Å². The van der Waals surface area contributed by atoms with Crippen LogP contribution >= 0.6 is 0 Å². The second-order valence-electron chi connectivity index (χ2n) is 14.3. The third kappa shape index (κ3) is 7.05. The molecule has 0 bridgehead atoms. The van der Waals surface area contributed by atoms with Crippen molar-refractivity contribution in [2.45, 2.75) is 80.6 Å². The number of hydrogen-bond donors (Lipinski definition) is 0. The van der Waals surface area contributed by atoms with Crippen LogP contribution in [0.4, 0.5) is 0 Å². The van der Waals surface area contributed by atoms with Gasteiger partial charge in [0, 0.05) is 28.8 Å². The van der Waals surface area contributed by atoms with Crippen molar-refractivity contribution in [2.24, 2.45) is 5.92 Å². The van der Waals surface area contributed by atoms with Gasteiger partial charge in [-0.15, -0.1) is 41.3 Å². The van der Waals surface area contributed by atoms with Crippen molar-refractivity contribution in [3.8, 4) is 34.1 Å². The van der Waals surface area contributed by atoms with E-state index >= 15 is 0 Å². The molecular formula is C45H46N4OPd. The first-order valence-corrected chi connectivity index (χ1v) is 17.9. The van der Waals surface area contributed by atoms with Gasteiger partial charge in [0.25, 0.3) is 0 Å². The summed E-state index contributed by atoms with van der Waals surface area (Å²) in [7, 11) is 0. The van der Waals surface area contributed by atoms with Crippen molar-refractivity contribution in [3.05, 3.63) is 131 Å². The van der Waals surface area contributed by atoms with Gasteiger partial charge in [0.05, 0.1) is 11.4 Å². The maximum Gasteiger partial charge on any atom is 2.00 e. The number of aryl methyl sites for hydroxylation is 4. The van der Waals surface area contributed by atoms with Gasteiger partial charge in [-0.1, -0.05) is 83.0 Å². The number of para-hydroxylation sites is 1. The molecule has 0 radical (unpaired) electrons. The van der Waals surface area contributed by atoms with Gasteiger partial charge in [0.2, 0.25) is 0 Å². The molecule has 0 saturated heterocycles. The first-order valence-electron chi connectivity index (χ1n) is 17.9. The van der Waals surface area contributed by atoms with Crippen LogP contribution in [0.2, 0.25) is 0 Å². The summed E-state index contributed by atoms with van der Waals surface area (Å²) < 4.78 is 11.0. The molecule has 0 aliphatic rings. The SMILES string of the molecule is CCCc1ccnc(-n2c3[c-]c(Oc4[c-]c(-n5nc(C)c(-c6c(C)cccc6C)c5CC(C)C)cc(C(C)C)c4)ccc3c3ccccc32)c1.[Pd+2]. The topological polar surface area (TPSA) is 44.9 Å². The van der Waals surface area contributed by atoms with Crippen LogP contribution in [-0.2, 0) is 33.3 Å². The Morgan fingerprint density at radius 2 is 1.55 bits per heavy atom. The minimum absolute atomic E-state index is 0. The van der Waals surface area contributed by atoms with Crippen LogP contribution in [0, 0.1) is 38.8 Å². The number of benzene rings is 4. The van der Waals surface area contributed by atoms with E-state index in [-0.39, 0.29) is 26.3 Å². The molecule has 3 heterocycles. The maximum absolute atomic E-state index is 6.68. The Bertz CT molecular complexity index is 2320. The first kappa shape index (κ1) is 36.3. The smallest absolute Gasteiger partial charge is 0.509 e. The third-order valence-electron chi connectivity index (χ3n) is 9.59. The van der Waals surface area contributed by atoms with Crippen LogP contribution in [0.15, 0.2) is 85.1 Å². The number of hydrogen-bond acceptors (Lipinski definition) is 3. The van der Waals surface area contributed by atoms with E-state index < -0.39 is 0 Å². The third-order valence-corrected chi connectivity index (χ3v) is 9.59. The van der Waals surface area contributed by atoms with E-state index in [1.807, 2.05) is 12.3 Å². The van der Waals surface area contributed by atoms with Gasteiger partial charge in [-0.25, -0.2) is 4.98 Å². The second kappa shape index (κ2) is 15.0. The van der Waals surface area contributed by atoms with Gasteiger partial charge in [0.15, 0.2) is 0 Å². The fourth-order valence-electron chi connectivity index (χ4n) is 7.25. The molecule has 0 N–H and O–H groups in total. The molecule has 0 fully saturated rings. The fraction of sp³-hybridized carbons (Fsp3) is 0.289. The molecule has 5 nitrogen and oxygen atoms in total. The zero-order valence-corrected chi connectivity index (χ0v) is 32.4. The zero-order valence-electron chi connectivity index (χ0n) is 30.9. The van der Waals surface area contributed by atoms with Crippen LogP contribution in [0.25, 0.3) is 44.4 Å². The molecule has 4 aromatic carbocycles. The predicted octanol–water partition coefficient (Wildman–Crippen LogP) is 11.6. The Morgan fingerprint density at radius 3 is 2.27 bits per heavy atom. The number of aromatic nitrogens is 4. The summed E-state index contributed by atoms with van der Waals surface area (Å²) in [6.07, 6.45) is 4.89. The molecule has 0 amide bonds. The van der Waals surface area contributed by atoms with Crippen LogP contribution < -0.4 is 4.74 Å². The van der Waals surface area contributed by atoms with Crippen molar-refractivity contribution in [2.75, 3.05) is 0 Å². The van der Waals surface area contributed by atoms with E-state index in [0.717, 1.165) is 63.8 Å². The number of pyridine rings is 1. The Labute approximate surface area is 316 Å². The molecule has 7 rings (SSSR count). The summed E-state index contributed by atoms with van der Waals surface area (Å²) in [5.41, 5.74) is 12.6. The van der Waals surface area contributed by atoms with Gasteiger partial charge in [-0.05, 0) is 97.0 Å². The minimum atomic E-state index is 0.